The van der Waals surface area contributed by atoms with Crippen molar-refractivity contribution in [3.05, 3.63) is 0 Å². The molecule has 1 saturated carbocycles. The molecule has 4 atom stereocenters. The van der Waals surface area contributed by atoms with Gasteiger partial charge in [-0.1, -0.05) is 0 Å². The maximum atomic E-state index is 6.09. The molecule has 0 amide bonds. The maximum absolute atomic E-state index is 6.09. The minimum Gasteiger partial charge on any atom is -0.354 e. The largest absolute Gasteiger partial charge is 0.354 e. The molecule has 4 nitrogen and oxygen atoms in total. The molecular weight excluding hydrogens is 180 g/mol. The van der Waals surface area contributed by atoms with E-state index in [0.29, 0.717) is 5.92 Å². The van der Waals surface area contributed by atoms with Crippen LogP contribution in [0.2, 0.25) is 0 Å². The second-order valence-corrected chi connectivity index (χ2v) is 4.43. The van der Waals surface area contributed by atoms with Gasteiger partial charge in [-0.25, -0.2) is 0 Å². The van der Waals surface area contributed by atoms with Gasteiger partial charge in [0, 0.05) is 13.2 Å². The predicted molar refractivity (Wildman–Crippen MR) is 53.6 cm³/mol. The molecule has 0 radical (unpaired) electrons. The number of hydrogen-bond donors (Lipinski definition) is 2. The van der Waals surface area contributed by atoms with Gasteiger partial charge in [0.1, 0.15) is 0 Å². The number of ether oxygens (including phenoxy) is 2. The van der Waals surface area contributed by atoms with Gasteiger partial charge in [-0.3, -0.25) is 0 Å². The van der Waals surface area contributed by atoms with E-state index in [9.17, 15) is 0 Å². The zero-order valence-electron chi connectivity index (χ0n) is 8.69. The first-order valence-corrected chi connectivity index (χ1v) is 5.42. The van der Waals surface area contributed by atoms with E-state index >= 15 is 0 Å². The van der Waals surface area contributed by atoms with Crippen LogP contribution in [0, 0.1) is 5.92 Å². The Morgan fingerprint density at radius 3 is 2.57 bits per heavy atom. The van der Waals surface area contributed by atoms with E-state index in [1.54, 1.807) is 7.11 Å². The fourth-order valence-electron chi connectivity index (χ4n) is 2.13. The number of hydrogen-bond acceptors (Lipinski definition) is 4. The molecule has 1 aliphatic heterocycles. The Kier molecular flexibility index (Phi) is 3.07. The summed E-state index contributed by atoms with van der Waals surface area (Å²) in [6.07, 6.45) is 4.31. The highest BCUT2D eigenvalue weighted by Crippen LogP contribution is 2.36. The van der Waals surface area contributed by atoms with Crippen LogP contribution in [0.3, 0.4) is 0 Å². The highest BCUT2D eigenvalue weighted by molar-refractivity contribution is 4.92. The first-order valence-electron chi connectivity index (χ1n) is 5.42. The molecule has 4 N–H and O–H groups in total. The van der Waals surface area contributed by atoms with Crippen molar-refractivity contribution in [1.82, 2.24) is 0 Å². The third kappa shape index (κ3) is 2.08. The highest BCUT2D eigenvalue weighted by atomic mass is 16.7. The Hall–Kier alpha value is -0.160. The lowest BCUT2D eigenvalue weighted by Crippen LogP contribution is -2.51. The van der Waals surface area contributed by atoms with Gasteiger partial charge in [-0.05, 0) is 31.6 Å². The highest BCUT2D eigenvalue weighted by Gasteiger charge is 2.38. The van der Waals surface area contributed by atoms with Gasteiger partial charge in [-0.2, -0.15) is 0 Å². The molecule has 0 bridgehead atoms. The van der Waals surface area contributed by atoms with Crippen molar-refractivity contribution in [2.75, 3.05) is 7.11 Å². The van der Waals surface area contributed by atoms with Crippen molar-refractivity contribution in [2.45, 2.75) is 50.2 Å². The Labute approximate surface area is 84.9 Å². The average Bonchev–Trinajstić information content (AvgIpc) is 3.01. The van der Waals surface area contributed by atoms with Gasteiger partial charge < -0.3 is 20.9 Å². The summed E-state index contributed by atoms with van der Waals surface area (Å²) in [5.74, 6) is 0.673. The summed E-state index contributed by atoms with van der Waals surface area (Å²) < 4.78 is 10.9. The van der Waals surface area contributed by atoms with Crippen LogP contribution in [0.15, 0.2) is 0 Å². The first kappa shape index (κ1) is 10.4. The van der Waals surface area contributed by atoms with Gasteiger partial charge in [0.15, 0.2) is 6.29 Å². The summed E-state index contributed by atoms with van der Waals surface area (Å²) >= 11 is 0. The second kappa shape index (κ2) is 4.14. The molecule has 2 fully saturated rings. The van der Waals surface area contributed by atoms with Gasteiger partial charge in [-0.15, -0.1) is 0 Å². The molecule has 2 rings (SSSR count). The van der Waals surface area contributed by atoms with Gasteiger partial charge in [0.25, 0.3) is 0 Å². The van der Waals surface area contributed by atoms with Crippen molar-refractivity contribution in [1.29, 1.82) is 0 Å². The SMILES string of the molecule is CO[C@H]1OC(C(N)C2CC2)CCC1N. The molecule has 4 heteroatoms. The minimum atomic E-state index is -0.265. The van der Waals surface area contributed by atoms with Crippen LogP contribution >= 0.6 is 0 Å². The minimum absolute atomic E-state index is 0.00246. The van der Waals surface area contributed by atoms with Crippen LogP contribution in [0.25, 0.3) is 0 Å². The third-order valence-corrected chi connectivity index (χ3v) is 3.27. The Morgan fingerprint density at radius 1 is 1.29 bits per heavy atom. The van der Waals surface area contributed by atoms with Crippen LogP contribution in [0.4, 0.5) is 0 Å². The number of nitrogens with two attached hydrogens (primary N) is 2. The van der Waals surface area contributed by atoms with E-state index < -0.39 is 0 Å². The number of rotatable bonds is 3. The lowest BCUT2D eigenvalue weighted by Gasteiger charge is -2.36. The molecule has 0 aromatic rings. The molecule has 0 aromatic heterocycles. The van der Waals surface area contributed by atoms with E-state index in [-0.39, 0.29) is 24.5 Å². The summed E-state index contributed by atoms with van der Waals surface area (Å²) in [6.45, 7) is 0. The van der Waals surface area contributed by atoms with Crippen molar-refractivity contribution in [3.8, 4) is 0 Å². The summed E-state index contributed by atoms with van der Waals surface area (Å²) in [5, 5.41) is 0. The van der Waals surface area contributed by atoms with Crippen LogP contribution < -0.4 is 11.5 Å². The smallest absolute Gasteiger partial charge is 0.172 e. The normalized spacial score (nSPS) is 40.9. The third-order valence-electron chi connectivity index (χ3n) is 3.27. The van der Waals surface area contributed by atoms with E-state index in [2.05, 4.69) is 0 Å². The second-order valence-electron chi connectivity index (χ2n) is 4.43. The zero-order chi connectivity index (χ0) is 10.1. The van der Waals surface area contributed by atoms with E-state index in [1.807, 2.05) is 0 Å². The van der Waals surface area contributed by atoms with Gasteiger partial charge in [0.2, 0.25) is 0 Å². The van der Waals surface area contributed by atoms with Crippen LogP contribution in [0.5, 0.6) is 0 Å². The molecule has 2 aliphatic rings. The van der Waals surface area contributed by atoms with Crippen molar-refractivity contribution in [2.24, 2.45) is 17.4 Å². The Bertz CT molecular complexity index is 197. The molecular formula is C10H20N2O2. The van der Waals surface area contributed by atoms with Crippen LogP contribution in [-0.2, 0) is 9.47 Å². The van der Waals surface area contributed by atoms with Crippen LogP contribution in [-0.4, -0.2) is 31.6 Å². The average molecular weight is 200 g/mol. The molecule has 0 aromatic carbocycles. The topological polar surface area (TPSA) is 70.5 Å². The van der Waals surface area contributed by atoms with E-state index in [1.165, 1.54) is 12.8 Å². The van der Waals surface area contributed by atoms with Crippen molar-refractivity contribution < 1.29 is 9.47 Å². The monoisotopic (exact) mass is 200 g/mol. The molecule has 14 heavy (non-hydrogen) atoms. The summed E-state index contributed by atoms with van der Waals surface area (Å²) in [4.78, 5) is 0. The van der Waals surface area contributed by atoms with E-state index in [0.717, 1.165) is 12.8 Å². The summed E-state index contributed by atoms with van der Waals surface area (Å²) in [5.41, 5.74) is 11.9. The van der Waals surface area contributed by atoms with Gasteiger partial charge >= 0.3 is 0 Å². The molecule has 3 unspecified atom stereocenters. The Morgan fingerprint density at radius 2 is 2.00 bits per heavy atom. The van der Waals surface area contributed by atoms with Gasteiger partial charge in [0.05, 0.1) is 12.1 Å². The Balaban J connectivity index is 1.88. The molecule has 1 saturated heterocycles. The predicted octanol–water partition coefficient (Wildman–Crippen LogP) is 0.203. The lowest BCUT2D eigenvalue weighted by atomic mass is 9.97. The standard InChI is InChI=1S/C10H20N2O2/c1-13-10-7(11)4-5-8(14-10)9(12)6-2-3-6/h6-10H,2-5,11-12H2,1H3/t7?,8?,9?,10-/m0/s1. The van der Waals surface area contributed by atoms with Crippen molar-refractivity contribution >= 4 is 0 Å². The molecule has 1 heterocycles. The summed E-state index contributed by atoms with van der Waals surface area (Å²) in [7, 11) is 1.63. The first-order chi connectivity index (χ1) is 6.72. The maximum Gasteiger partial charge on any atom is 0.172 e. The zero-order valence-corrected chi connectivity index (χ0v) is 8.69. The molecule has 1 aliphatic carbocycles. The van der Waals surface area contributed by atoms with E-state index in [4.69, 9.17) is 20.9 Å². The lowest BCUT2D eigenvalue weighted by molar-refractivity contribution is -0.194. The fraction of sp³-hybridized carbons (Fsp3) is 1.00. The fourth-order valence-corrected chi connectivity index (χ4v) is 2.13. The van der Waals surface area contributed by atoms with Crippen LogP contribution in [0.1, 0.15) is 25.7 Å². The molecule has 0 spiro atoms. The molecule has 82 valence electrons. The quantitative estimate of drug-likeness (QED) is 0.683. The summed E-state index contributed by atoms with van der Waals surface area (Å²) in [6, 6.07) is 0.183. The number of methoxy groups -OCH3 is 1. The van der Waals surface area contributed by atoms with Crippen molar-refractivity contribution in [3.63, 3.8) is 0 Å².